The highest BCUT2D eigenvalue weighted by molar-refractivity contribution is 5.80. The molecule has 0 bridgehead atoms. The number of aromatic amines is 1. The van der Waals surface area contributed by atoms with Crippen molar-refractivity contribution in [2.75, 3.05) is 0 Å². The Morgan fingerprint density at radius 1 is 1.11 bits per heavy atom. The minimum Gasteiger partial charge on any atom is -0.475 e. The van der Waals surface area contributed by atoms with Gasteiger partial charge in [-0.15, -0.1) is 0 Å². The largest absolute Gasteiger partial charge is 0.475 e. The van der Waals surface area contributed by atoms with E-state index in [4.69, 9.17) is 14.2 Å². The molecule has 0 amide bonds. The fourth-order valence-electron chi connectivity index (χ4n) is 4.70. The lowest BCUT2D eigenvalue weighted by Gasteiger charge is -2.31. The molecule has 3 heterocycles. The van der Waals surface area contributed by atoms with Crippen molar-refractivity contribution < 1.29 is 14.2 Å². The molecule has 146 valence electrons. The van der Waals surface area contributed by atoms with Crippen LogP contribution in [0.15, 0.2) is 29.1 Å². The van der Waals surface area contributed by atoms with Crippen molar-refractivity contribution in [1.29, 1.82) is 0 Å². The van der Waals surface area contributed by atoms with Gasteiger partial charge in [-0.2, -0.15) is 0 Å². The molecular formula is C22H29NO4. The lowest BCUT2D eigenvalue weighted by Crippen LogP contribution is -2.39. The summed E-state index contributed by atoms with van der Waals surface area (Å²) in [6, 6.07) is 7.60. The number of para-hydroxylation sites is 1. The number of hydrogen-bond acceptors (Lipinski definition) is 4. The second-order valence-corrected chi connectivity index (χ2v) is 9.13. The molecule has 2 aliphatic heterocycles. The van der Waals surface area contributed by atoms with Gasteiger partial charge in [-0.3, -0.25) is 4.79 Å². The minimum absolute atomic E-state index is 0.0277. The molecule has 27 heavy (non-hydrogen) atoms. The maximum Gasteiger partial charge on any atom is 0.199 e. The number of ether oxygens (including phenoxy) is 3. The van der Waals surface area contributed by atoms with Crippen LogP contribution in [0.3, 0.4) is 0 Å². The molecule has 3 unspecified atom stereocenters. The number of hydrogen-bond donors (Lipinski definition) is 1. The molecule has 3 atom stereocenters. The molecule has 0 aliphatic carbocycles. The number of rotatable bonds is 3. The van der Waals surface area contributed by atoms with Crippen molar-refractivity contribution in [2.24, 2.45) is 0 Å². The second kappa shape index (κ2) is 5.82. The molecule has 1 aromatic carbocycles. The first-order valence-corrected chi connectivity index (χ1v) is 9.74. The van der Waals surface area contributed by atoms with Gasteiger partial charge in [-0.05, 0) is 59.6 Å². The SMILES string of the molecule is CC1Oc2[nH]c3ccccc3c(=O)c2C1(C)CCC1OC(C)(C)OC1(C)C. The van der Waals surface area contributed by atoms with Gasteiger partial charge in [-0.25, -0.2) is 0 Å². The summed E-state index contributed by atoms with van der Waals surface area (Å²) in [6.45, 7) is 12.2. The molecule has 0 saturated carbocycles. The van der Waals surface area contributed by atoms with Gasteiger partial charge in [0.15, 0.2) is 17.1 Å². The molecule has 5 heteroatoms. The molecule has 1 aromatic heterocycles. The third kappa shape index (κ3) is 2.88. The predicted molar refractivity (Wildman–Crippen MR) is 105 cm³/mol. The maximum atomic E-state index is 13.3. The number of nitrogens with one attached hydrogen (secondary N) is 1. The highest BCUT2D eigenvalue weighted by atomic mass is 16.8. The van der Waals surface area contributed by atoms with Gasteiger partial charge in [0.05, 0.1) is 22.8 Å². The molecule has 0 spiro atoms. The van der Waals surface area contributed by atoms with Crippen LogP contribution in [-0.4, -0.2) is 28.6 Å². The zero-order valence-corrected chi connectivity index (χ0v) is 17.0. The molecule has 1 saturated heterocycles. The summed E-state index contributed by atoms with van der Waals surface area (Å²) in [7, 11) is 0. The van der Waals surface area contributed by atoms with Gasteiger partial charge < -0.3 is 19.2 Å². The Labute approximate surface area is 160 Å². The van der Waals surface area contributed by atoms with Crippen LogP contribution in [0.1, 0.15) is 59.9 Å². The molecule has 4 rings (SSSR count). The standard InChI is InChI=1S/C22H29NO4/c1-13-22(6,12-11-16-20(2,3)27-21(4,5)26-16)17-18(24)14-9-7-8-10-15(14)23-19(17)25-13/h7-10,13,16H,11-12H2,1-6H3,(H,23,24). The first kappa shape index (κ1) is 18.5. The monoisotopic (exact) mass is 371 g/mol. The quantitative estimate of drug-likeness (QED) is 0.875. The van der Waals surface area contributed by atoms with Gasteiger partial charge in [0, 0.05) is 10.8 Å². The second-order valence-electron chi connectivity index (χ2n) is 9.13. The summed E-state index contributed by atoms with van der Waals surface area (Å²) in [4.78, 5) is 16.6. The average Bonchev–Trinajstić information content (AvgIpc) is 2.94. The fraction of sp³-hybridized carbons (Fsp3) is 0.591. The highest BCUT2D eigenvalue weighted by Crippen LogP contribution is 2.46. The zero-order chi connectivity index (χ0) is 19.6. The summed E-state index contributed by atoms with van der Waals surface area (Å²) in [6.07, 6.45) is 1.47. The van der Waals surface area contributed by atoms with Crippen LogP contribution in [0.25, 0.3) is 10.9 Å². The molecule has 5 nitrogen and oxygen atoms in total. The lowest BCUT2D eigenvalue weighted by atomic mass is 9.74. The minimum atomic E-state index is -0.585. The van der Waals surface area contributed by atoms with Gasteiger partial charge in [0.25, 0.3) is 0 Å². The average molecular weight is 371 g/mol. The van der Waals surface area contributed by atoms with Crippen LogP contribution in [0.4, 0.5) is 0 Å². The number of benzene rings is 1. The lowest BCUT2D eigenvalue weighted by molar-refractivity contribution is -0.157. The molecule has 2 aliphatic rings. The van der Waals surface area contributed by atoms with Crippen molar-refractivity contribution in [1.82, 2.24) is 4.98 Å². The highest BCUT2D eigenvalue weighted by Gasteiger charge is 2.50. The summed E-state index contributed by atoms with van der Waals surface area (Å²) in [5.74, 6) is 0.0233. The van der Waals surface area contributed by atoms with Gasteiger partial charge in [0.1, 0.15) is 6.10 Å². The predicted octanol–water partition coefficient (Wildman–Crippen LogP) is 4.28. The van der Waals surface area contributed by atoms with E-state index in [0.29, 0.717) is 11.3 Å². The molecular weight excluding hydrogens is 342 g/mol. The van der Waals surface area contributed by atoms with Crippen LogP contribution in [-0.2, 0) is 14.9 Å². The van der Waals surface area contributed by atoms with Crippen molar-refractivity contribution in [2.45, 2.75) is 83.4 Å². The summed E-state index contributed by atoms with van der Waals surface area (Å²) in [5.41, 5.74) is 0.896. The van der Waals surface area contributed by atoms with E-state index in [9.17, 15) is 4.79 Å². The number of pyridine rings is 1. The third-order valence-corrected chi connectivity index (χ3v) is 6.27. The third-order valence-electron chi connectivity index (χ3n) is 6.27. The van der Waals surface area contributed by atoms with Crippen LogP contribution < -0.4 is 10.2 Å². The van der Waals surface area contributed by atoms with E-state index in [2.05, 4.69) is 25.8 Å². The van der Waals surface area contributed by atoms with Crippen molar-refractivity contribution in [3.05, 3.63) is 40.1 Å². The Hall–Kier alpha value is -1.85. The number of aromatic nitrogens is 1. The number of H-pyrrole nitrogens is 1. The van der Waals surface area contributed by atoms with E-state index in [0.717, 1.165) is 23.9 Å². The van der Waals surface area contributed by atoms with E-state index >= 15 is 0 Å². The Kier molecular flexibility index (Phi) is 3.99. The Bertz CT molecular complexity index is 945. The topological polar surface area (TPSA) is 60.6 Å². The molecule has 2 aromatic rings. The molecule has 1 fully saturated rings. The van der Waals surface area contributed by atoms with Gasteiger partial charge in [-0.1, -0.05) is 19.1 Å². The first-order valence-electron chi connectivity index (χ1n) is 9.74. The molecule has 0 radical (unpaired) electrons. The van der Waals surface area contributed by atoms with Gasteiger partial charge >= 0.3 is 0 Å². The van der Waals surface area contributed by atoms with Crippen LogP contribution in [0.5, 0.6) is 5.88 Å². The Morgan fingerprint density at radius 2 is 1.81 bits per heavy atom. The molecule has 1 N–H and O–H groups in total. The number of fused-ring (bicyclic) bond motifs is 2. The normalized spacial score (nSPS) is 31.0. The van der Waals surface area contributed by atoms with E-state index < -0.39 is 5.79 Å². The Balaban J connectivity index is 1.68. The van der Waals surface area contributed by atoms with Crippen molar-refractivity contribution >= 4 is 10.9 Å². The Morgan fingerprint density at radius 3 is 2.48 bits per heavy atom. The van der Waals surface area contributed by atoms with Crippen molar-refractivity contribution in [3.63, 3.8) is 0 Å². The smallest absolute Gasteiger partial charge is 0.199 e. The van der Waals surface area contributed by atoms with Gasteiger partial charge in [0.2, 0.25) is 0 Å². The summed E-state index contributed by atoms with van der Waals surface area (Å²) in [5, 5.41) is 0.710. The first-order chi connectivity index (χ1) is 12.5. The summed E-state index contributed by atoms with van der Waals surface area (Å²) >= 11 is 0. The van der Waals surface area contributed by atoms with Crippen LogP contribution in [0, 0.1) is 0 Å². The van der Waals surface area contributed by atoms with Crippen molar-refractivity contribution in [3.8, 4) is 5.88 Å². The van der Waals surface area contributed by atoms with E-state index in [-0.39, 0.29) is 28.7 Å². The summed E-state index contributed by atoms with van der Waals surface area (Å²) < 4.78 is 18.3. The zero-order valence-electron chi connectivity index (χ0n) is 17.0. The van der Waals surface area contributed by atoms with E-state index in [1.54, 1.807) is 0 Å². The van der Waals surface area contributed by atoms with E-state index in [1.165, 1.54) is 0 Å². The van der Waals surface area contributed by atoms with Crippen LogP contribution in [0.2, 0.25) is 0 Å². The fourth-order valence-corrected chi connectivity index (χ4v) is 4.70. The van der Waals surface area contributed by atoms with E-state index in [1.807, 2.05) is 45.0 Å². The maximum absolute atomic E-state index is 13.3. The van der Waals surface area contributed by atoms with Crippen LogP contribution >= 0.6 is 0 Å².